The summed E-state index contributed by atoms with van der Waals surface area (Å²) < 4.78 is 45.5. The predicted molar refractivity (Wildman–Crippen MR) is 202 cm³/mol. The summed E-state index contributed by atoms with van der Waals surface area (Å²) >= 11 is 1.77. The summed E-state index contributed by atoms with van der Waals surface area (Å²) in [6, 6.07) is 51.4. The van der Waals surface area contributed by atoms with Crippen LogP contribution in [0.5, 0.6) is 0 Å². The Balaban J connectivity index is 1.22. The molecule has 48 heavy (non-hydrogen) atoms. The summed E-state index contributed by atoms with van der Waals surface area (Å²) in [5.74, 6) is 1.04. The van der Waals surface area contributed by atoms with Gasteiger partial charge in [0.25, 0.3) is 0 Å². The normalized spacial score (nSPS) is 13.5. The van der Waals surface area contributed by atoms with Gasteiger partial charge in [0.15, 0.2) is 0 Å². The average Bonchev–Trinajstić information content (AvgIpc) is 3.54. The summed E-state index contributed by atoms with van der Waals surface area (Å²) in [7, 11) is 0. The lowest BCUT2D eigenvalue weighted by Gasteiger charge is -2.33. The molecule has 4 heteroatoms. The number of aromatic nitrogens is 1. The minimum atomic E-state index is -0.426. The molecule has 0 spiro atoms. The molecule has 0 atom stereocenters. The first kappa shape index (κ1) is 23.4. The van der Waals surface area contributed by atoms with E-state index in [0.717, 1.165) is 49.3 Å². The van der Waals surface area contributed by atoms with Gasteiger partial charge in [0, 0.05) is 38.7 Å². The first-order chi connectivity index (χ1) is 25.9. The zero-order valence-electron chi connectivity index (χ0n) is 30.8. The molecule has 0 radical (unpaired) electrons. The van der Waals surface area contributed by atoms with Gasteiger partial charge in [-0.2, -0.15) is 0 Å². The fraction of sp³-hybridized carbons (Fsp3) is 0. The molecule has 1 aliphatic heterocycles. The van der Waals surface area contributed by atoms with Crippen molar-refractivity contribution in [2.75, 3.05) is 9.80 Å². The Kier molecular flexibility index (Phi) is 5.84. The zero-order chi connectivity index (χ0) is 36.2. The third kappa shape index (κ3) is 4.86. The molecule has 0 unspecified atom stereocenters. The molecule has 0 saturated carbocycles. The quantitative estimate of drug-likeness (QED) is 0.180. The molecule has 1 aliphatic rings. The van der Waals surface area contributed by atoms with Crippen LogP contribution < -0.4 is 9.80 Å². The van der Waals surface area contributed by atoms with Gasteiger partial charge in [0.2, 0.25) is 0 Å². The predicted octanol–water partition coefficient (Wildman–Crippen LogP) is 12.7. The standard InChI is InChI=1S/C44H31N3S/c1-4-14-32(15-5-1)33-24-26-36(27-25-33)45(34-16-6-2-7-17-34)37-28-30-38(31-29-37)47-41-22-12-13-23-42(41)48-43-39-20-10-11-21-40(39)46(44(43)47)35-18-8-3-9-19-35/h1-31H/i2D,6D,7D,16D,17D. The van der Waals surface area contributed by atoms with Crippen LogP contribution in [0.1, 0.15) is 6.85 Å². The van der Waals surface area contributed by atoms with Crippen LogP contribution in [0.25, 0.3) is 27.7 Å². The summed E-state index contributed by atoms with van der Waals surface area (Å²) in [6.07, 6.45) is 0. The Labute approximate surface area is 292 Å². The number of para-hydroxylation sites is 4. The monoisotopic (exact) mass is 638 g/mol. The molecule has 0 saturated heterocycles. The lowest BCUT2D eigenvalue weighted by Crippen LogP contribution is -2.18. The van der Waals surface area contributed by atoms with E-state index in [9.17, 15) is 0 Å². The maximum Gasteiger partial charge on any atom is 0.137 e. The van der Waals surface area contributed by atoms with Crippen molar-refractivity contribution >= 4 is 56.9 Å². The summed E-state index contributed by atoms with van der Waals surface area (Å²) in [4.78, 5) is 6.35. The highest BCUT2D eigenvalue weighted by atomic mass is 32.2. The molecule has 2 heterocycles. The molecule has 9 rings (SSSR count). The van der Waals surface area contributed by atoms with Crippen LogP contribution in [0, 0.1) is 0 Å². The van der Waals surface area contributed by atoms with E-state index in [-0.39, 0.29) is 29.9 Å². The van der Waals surface area contributed by atoms with Crippen molar-refractivity contribution in [2.24, 2.45) is 0 Å². The van der Waals surface area contributed by atoms with Gasteiger partial charge in [-0.1, -0.05) is 121 Å². The van der Waals surface area contributed by atoms with E-state index in [0.29, 0.717) is 11.4 Å². The van der Waals surface area contributed by atoms with Gasteiger partial charge >= 0.3 is 0 Å². The Morgan fingerprint density at radius 2 is 1.10 bits per heavy atom. The highest BCUT2D eigenvalue weighted by molar-refractivity contribution is 8.00. The Hall–Kier alpha value is -5.97. The van der Waals surface area contributed by atoms with Gasteiger partial charge < -0.3 is 4.90 Å². The minimum Gasteiger partial charge on any atom is -0.311 e. The van der Waals surface area contributed by atoms with Gasteiger partial charge in [-0.15, -0.1) is 0 Å². The molecule has 0 aliphatic carbocycles. The first-order valence-electron chi connectivity index (χ1n) is 18.3. The second-order valence-electron chi connectivity index (χ2n) is 11.5. The van der Waals surface area contributed by atoms with Gasteiger partial charge in [-0.25, -0.2) is 0 Å². The molecule has 0 amide bonds. The number of hydrogen-bond acceptors (Lipinski definition) is 3. The molecular weight excluding hydrogens is 603 g/mol. The molecule has 8 aromatic rings. The SMILES string of the molecule is [2H]c1c([2H])c([2H])c(N(c2ccc(-c3ccccc3)cc2)c2ccc(N3c4ccccc4Sc4c3n(-c3ccccc3)c3ccccc43)cc2)c([2H])c1[2H]. The maximum absolute atomic E-state index is 8.94. The first-order valence-corrected chi connectivity index (χ1v) is 16.6. The minimum absolute atomic E-state index is 0.0856. The largest absolute Gasteiger partial charge is 0.311 e. The summed E-state index contributed by atoms with van der Waals surface area (Å²) in [6.45, 7) is 0. The van der Waals surface area contributed by atoms with Gasteiger partial charge in [0.1, 0.15) is 5.82 Å². The van der Waals surface area contributed by atoms with Crippen molar-refractivity contribution in [1.29, 1.82) is 0 Å². The van der Waals surface area contributed by atoms with Crippen LogP contribution in [0.4, 0.5) is 34.3 Å². The molecule has 3 nitrogen and oxygen atoms in total. The van der Waals surface area contributed by atoms with Crippen LogP contribution in [-0.2, 0) is 0 Å². The van der Waals surface area contributed by atoms with Crippen LogP contribution >= 0.6 is 11.8 Å². The molecular formula is C44H31N3S. The number of hydrogen-bond donors (Lipinski definition) is 0. The second kappa shape index (κ2) is 12.0. The Morgan fingerprint density at radius 3 is 1.85 bits per heavy atom. The van der Waals surface area contributed by atoms with E-state index >= 15 is 0 Å². The molecule has 228 valence electrons. The van der Waals surface area contributed by atoms with Gasteiger partial charge in [-0.05, 0) is 89.9 Å². The number of fused-ring (bicyclic) bond motifs is 4. The number of rotatable bonds is 6. The molecule has 0 fully saturated rings. The molecule has 0 bridgehead atoms. The van der Waals surface area contributed by atoms with E-state index in [4.69, 9.17) is 6.85 Å². The van der Waals surface area contributed by atoms with E-state index in [2.05, 4.69) is 82.3 Å². The lowest BCUT2D eigenvalue weighted by atomic mass is 10.0. The van der Waals surface area contributed by atoms with Crippen LogP contribution in [0.15, 0.2) is 198 Å². The van der Waals surface area contributed by atoms with Crippen molar-refractivity contribution < 1.29 is 6.85 Å². The number of anilines is 6. The molecule has 1 aromatic heterocycles. The fourth-order valence-electron chi connectivity index (χ4n) is 6.50. The Morgan fingerprint density at radius 1 is 0.500 bits per heavy atom. The van der Waals surface area contributed by atoms with Gasteiger partial charge in [-0.3, -0.25) is 9.47 Å². The van der Waals surface area contributed by atoms with Crippen LogP contribution in [-0.4, -0.2) is 4.57 Å². The van der Waals surface area contributed by atoms with Crippen molar-refractivity contribution in [3.63, 3.8) is 0 Å². The maximum atomic E-state index is 8.94. The lowest BCUT2D eigenvalue weighted by molar-refractivity contribution is 1.03. The third-order valence-electron chi connectivity index (χ3n) is 8.66. The van der Waals surface area contributed by atoms with E-state index in [1.807, 2.05) is 84.9 Å². The molecule has 0 N–H and O–H groups in total. The summed E-state index contributed by atoms with van der Waals surface area (Å²) in [5, 5.41) is 1.17. The summed E-state index contributed by atoms with van der Waals surface area (Å²) in [5.41, 5.74) is 7.62. The van der Waals surface area contributed by atoms with Crippen molar-refractivity contribution in [3.8, 4) is 16.8 Å². The smallest absolute Gasteiger partial charge is 0.137 e. The van der Waals surface area contributed by atoms with Gasteiger partial charge in [0.05, 0.1) is 23.0 Å². The van der Waals surface area contributed by atoms with Crippen molar-refractivity contribution in [2.45, 2.75) is 9.79 Å². The van der Waals surface area contributed by atoms with E-state index in [1.54, 1.807) is 16.7 Å². The number of benzene rings is 7. The third-order valence-corrected chi connectivity index (χ3v) is 9.83. The van der Waals surface area contributed by atoms with E-state index in [1.165, 1.54) is 5.39 Å². The Bertz CT molecular complexity index is 2620. The highest BCUT2D eigenvalue weighted by Gasteiger charge is 2.31. The topological polar surface area (TPSA) is 11.4 Å². The van der Waals surface area contributed by atoms with E-state index < -0.39 is 6.04 Å². The average molecular weight is 639 g/mol. The van der Waals surface area contributed by atoms with Crippen LogP contribution in [0.3, 0.4) is 0 Å². The number of nitrogens with zero attached hydrogens (tertiary/aromatic N) is 3. The highest BCUT2D eigenvalue weighted by Crippen LogP contribution is 2.55. The second-order valence-corrected chi connectivity index (χ2v) is 12.5. The van der Waals surface area contributed by atoms with Crippen LogP contribution in [0.2, 0.25) is 0 Å². The molecule has 7 aromatic carbocycles. The zero-order valence-corrected chi connectivity index (χ0v) is 26.6. The van der Waals surface area contributed by atoms with Crippen molar-refractivity contribution in [1.82, 2.24) is 4.57 Å². The van der Waals surface area contributed by atoms with Crippen molar-refractivity contribution in [3.05, 3.63) is 188 Å². The fourth-order valence-corrected chi connectivity index (χ4v) is 7.68.